The Morgan fingerprint density at radius 2 is 2.16 bits per heavy atom. The number of piperazine rings is 1. The number of pyridine rings is 1. The summed E-state index contributed by atoms with van der Waals surface area (Å²) in [7, 11) is 0. The number of carbonyl (C=O) groups is 1. The van der Waals surface area contributed by atoms with Crippen LogP contribution >= 0.6 is 0 Å². The average molecular weight is 261 g/mol. The van der Waals surface area contributed by atoms with E-state index in [4.69, 9.17) is 0 Å². The minimum Gasteiger partial charge on any atom is -0.333 e. The van der Waals surface area contributed by atoms with E-state index >= 15 is 0 Å². The van der Waals surface area contributed by atoms with Crippen molar-refractivity contribution in [3.63, 3.8) is 0 Å². The summed E-state index contributed by atoms with van der Waals surface area (Å²) in [6.45, 7) is 10.6. The van der Waals surface area contributed by atoms with Gasteiger partial charge in [-0.25, -0.2) is 0 Å². The molecule has 1 aromatic rings. The molecule has 2 rings (SSSR count). The van der Waals surface area contributed by atoms with Gasteiger partial charge in [0.15, 0.2) is 0 Å². The Labute approximate surface area is 115 Å². The topological polar surface area (TPSA) is 36.4 Å². The summed E-state index contributed by atoms with van der Waals surface area (Å²) >= 11 is 0. The van der Waals surface area contributed by atoms with E-state index in [2.05, 4.69) is 43.6 Å². The highest BCUT2D eigenvalue weighted by Crippen LogP contribution is 2.25. The van der Waals surface area contributed by atoms with Crippen molar-refractivity contribution in [1.82, 2.24) is 14.8 Å². The van der Waals surface area contributed by atoms with E-state index in [0.29, 0.717) is 6.54 Å². The fourth-order valence-electron chi connectivity index (χ4n) is 3.13. The summed E-state index contributed by atoms with van der Waals surface area (Å²) in [5.41, 5.74) is 1.04. The zero-order valence-electron chi connectivity index (χ0n) is 12.3. The van der Waals surface area contributed by atoms with Crippen LogP contribution in [0.4, 0.5) is 0 Å². The Morgan fingerprint density at radius 3 is 2.68 bits per heavy atom. The first-order valence-corrected chi connectivity index (χ1v) is 6.83. The second-order valence-corrected chi connectivity index (χ2v) is 6.18. The maximum atomic E-state index is 12.3. The maximum Gasteiger partial charge on any atom is 0.237 e. The Hall–Kier alpha value is -1.42. The molecule has 0 saturated carbocycles. The van der Waals surface area contributed by atoms with E-state index in [-0.39, 0.29) is 17.5 Å². The number of carbonyl (C=O) groups excluding carboxylic acids is 1. The van der Waals surface area contributed by atoms with Gasteiger partial charge < -0.3 is 4.90 Å². The second-order valence-electron chi connectivity index (χ2n) is 6.18. The molecule has 1 aliphatic rings. The number of nitrogens with zero attached hydrogens (tertiary/aromatic N) is 3. The van der Waals surface area contributed by atoms with Crippen LogP contribution in [0, 0.1) is 0 Å². The fourth-order valence-corrected chi connectivity index (χ4v) is 3.13. The normalized spacial score (nSPS) is 20.1. The van der Waals surface area contributed by atoms with Crippen LogP contribution in [0.3, 0.4) is 0 Å². The van der Waals surface area contributed by atoms with Gasteiger partial charge in [-0.3, -0.25) is 14.7 Å². The van der Waals surface area contributed by atoms with Gasteiger partial charge in [-0.15, -0.1) is 0 Å². The lowest BCUT2D eigenvalue weighted by molar-refractivity contribution is -0.148. The summed E-state index contributed by atoms with van der Waals surface area (Å²) in [6.07, 6.45) is 3.64. The molecule has 2 heterocycles. The van der Waals surface area contributed by atoms with Crippen LogP contribution in [0.5, 0.6) is 0 Å². The molecule has 1 aliphatic heterocycles. The standard InChI is InChI=1S/C15H23N3O/c1-12(2)18-14(19)10-17(11-15(18,3)4)9-13-6-5-7-16-8-13/h5-8,12H,9-11H2,1-4H3. The first kappa shape index (κ1) is 14.0. The highest BCUT2D eigenvalue weighted by molar-refractivity contribution is 5.80. The first-order chi connectivity index (χ1) is 8.90. The molecule has 1 amide bonds. The molecule has 1 fully saturated rings. The van der Waals surface area contributed by atoms with Crippen LogP contribution in [0.2, 0.25) is 0 Å². The van der Waals surface area contributed by atoms with Gasteiger partial charge in [-0.1, -0.05) is 6.07 Å². The Kier molecular flexibility index (Phi) is 3.90. The molecule has 0 atom stereocenters. The zero-order chi connectivity index (χ0) is 14.0. The molecule has 1 aromatic heterocycles. The molecule has 4 nitrogen and oxygen atoms in total. The third kappa shape index (κ3) is 3.13. The maximum absolute atomic E-state index is 12.3. The molecule has 0 unspecified atom stereocenters. The summed E-state index contributed by atoms with van der Waals surface area (Å²) in [6, 6.07) is 4.24. The predicted molar refractivity (Wildman–Crippen MR) is 75.6 cm³/mol. The first-order valence-electron chi connectivity index (χ1n) is 6.83. The van der Waals surface area contributed by atoms with E-state index in [1.165, 1.54) is 0 Å². The highest BCUT2D eigenvalue weighted by Gasteiger charge is 2.39. The summed E-state index contributed by atoms with van der Waals surface area (Å²) in [5, 5.41) is 0. The number of hydrogen-bond donors (Lipinski definition) is 0. The molecule has 104 valence electrons. The largest absolute Gasteiger partial charge is 0.333 e. The molecule has 4 heteroatoms. The third-order valence-electron chi connectivity index (χ3n) is 3.54. The average Bonchev–Trinajstić information content (AvgIpc) is 2.27. The van der Waals surface area contributed by atoms with Crippen molar-refractivity contribution in [2.75, 3.05) is 13.1 Å². The fraction of sp³-hybridized carbons (Fsp3) is 0.600. The smallest absolute Gasteiger partial charge is 0.237 e. The SMILES string of the molecule is CC(C)N1C(=O)CN(Cc2cccnc2)CC1(C)C. The van der Waals surface area contributed by atoms with Gasteiger partial charge in [-0.2, -0.15) is 0 Å². The molecule has 0 spiro atoms. The van der Waals surface area contributed by atoms with Crippen LogP contribution in [0.25, 0.3) is 0 Å². The third-order valence-corrected chi connectivity index (χ3v) is 3.54. The van der Waals surface area contributed by atoms with E-state index in [0.717, 1.165) is 18.7 Å². The Bertz CT molecular complexity index is 442. The lowest BCUT2D eigenvalue weighted by Gasteiger charge is -2.49. The van der Waals surface area contributed by atoms with E-state index in [9.17, 15) is 4.79 Å². The number of aromatic nitrogens is 1. The van der Waals surface area contributed by atoms with Crippen molar-refractivity contribution in [3.8, 4) is 0 Å². The van der Waals surface area contributed by atoms with Gasteiger partial charge in [0.2, 0.25) is 5.91 Å². The Balaban J connectivity index is 2.09. The van der Waals surface area contributed by atoms with E-state index < -0.39 is 0 Å². The molecular weight excluding hydrogens is 238 g/mol. The van der Waals surface area contributed by atoms with Crippen molar-refractivity contribution in [2.45, 2.75) is 45.8 Å². The van der Waals surface area contributed by atoms with Crippen LogP contribution in [0.15, 0.2) is 24.5 Å². The number of hydrogen-bond acceptors (Lipinski definition) is 3. The quantitative estimate of drug-likeness (QED) is 0.834. The zero-order valence-corrected chi connectivity index (χ0v) is 12.3. The minimum absolute atomic E-state index is 0.119. The number of rotatable bonds is 3. The molecule has 0 bridgehead atoms. The molecule has 0 radical (unpaired) electrons. The predicted octanol–water partition coefficient (Wildman–Crippen LogP) is 1.91. The second kappa shape index (κ2) is 5.29. The van der Waals surface area contributed by atoms with Gasteiger partial charge in [0.25, 0.3) is 0 Å². The van der Waals surface area contributed by atoms with Gasteiger partial charge in [0.05, 0.1) is 12.1 Å². The van der Waals surface area contributed by atoms with E-state index in [1.54, 1.807) is 6.20 Å². The number of amides is 1. The van der Waals surface area contributed by atoms with Crippen LogP contribution in [0.1, 0.15) is 33.3 Å². The highest BCUT2D eigenvalue weighted by atomic mass is 16.2. The molecule has 19 heavy (non-hydrogen) atoms. The van der Waals surface area contributed by atoms with E-state index in [1.807, 2.05) is 17.2 Å². The van der Waals surface area contributed by atoms with Crippen molar-refractivity contribution >= 4 is 5.91 Å². The molecular formula is C15H23N3O. The van der Waals surface area contributed by atoms with Crippen LogP contribution < -0.4 is 0 Å². The van der Waals surface area contributed by atoms with Gasteiger partial charge in [0, 0.05) is 31.5 Å². The van der Waals surface area contributed by atoms with Gasteiger partial charge in [-0.05, 0) is 39.3 Å². The summed E-state index contributed by atoms with van der Waals surface area (Å²) in [5.74, 6) is 0.218. The lowest BCUT2D eigenvalue weighted by atomic mass is 9.96. The van der Waals surface area contributed by atoms with Crippen molar-refractivity contribution in [3.05, 3.63) is 30.1 Å². The van der Waals surface area contributed by atoms with Crippen molar-refractivity contribution in [1.29, 1.82) is 0 Å². The molecule has 1 saturated heterocycles. The van der Waals surface area contributed by atoms with Crippen LogP contribution in [-0.2, 0) is 11.3 Å². The molecule has 0 aliphatic carbocycles. The van der Waals surface area contributed by atoms with Crippen molar-refractivity contribution < 1.29 is 4.79 Å². The lowest BCUT2D eigenvalue weighted by Crippen LogP contribution is -2.63. The molecule has 0 N–H and O–H groups in total. The monoisotopic (exact) mass is 261 g/mol. The summed E-state index contributed by atoms with van der Waals surface area (Å²) in [4.78, 5) is 20.7. The summed E-state index contributed by atoms with van der Waals surface area (Å²) < 4.78 is 0. The molecule has 0 aromatic carbocycles. The Morgan fingerprint density at radius 1 is 1.42 bits per heavy atom. The van der Waals surface area contributed by atoms with Crippen molar-refractivity contribution in [2.24, 2.45) is 0 Å². The minimum atomic E-state index is -0.119. The van der Waals surface area contributed by atoms with Gasteiger partial charge in [0.1, 0.15) is 0 Å². The van der Waals surface area contributed by atoms with Crippen LogP contribution in [-0.4, -0.2) is 45.4 Å². The van der Waals surface area contributed by atoms with Gasteiger partial charge >= 0.3 is 0 Å².